The highest BCUT2D eigenvalue weighted by Crippen LogP contribution is 2.42. The molecule has 236 valence electrons. The Bertz CT molecular complexity index is 899. The maximum atomic E-state index is 10.6. The highest BCUT2D eigenvalue weighted by atomic mass is 16.5. The number of piperidine rings is 2. The molecule has 0 aromatic carbocycles. The van der Waals surface area contributed by atoms with Crippen LogP contribution >= 0.6 is 0 Å². The predicted molar refractivity (Wildman–Crippen MR) is 172 cm³/mol. The first-order chi connectivity index (χ1) is 18.9. The van der Waals surface area contributed by atoms with E-state index in [1.54, 1.807) is 7.05 Å². The largest absolute Gasteiger partial charge is 0.338 e. The van der Waals surface area contributed by atoms with Crippen LogP contribution in [-0.2, 0) is 0 Å². The molecule has 2 aliphatic rings. The Labute approximate surface area is 251 Å². The van der Waals surface area contributed by atoms with Gasteiger partial charge >= 0.3 is 0 Å². The van der Waals surface area contributed by atoms with Crippen LogP contribution in [0.15, 0.2) is 0 Å². The number of likely N-dealkylation sites (tertiary alicyclic amines) is 2. The van der Waals surface area contributed by atoms with Gasteiger partial charge in [0.2, 0.25) is 11.9 Å². The molecule has 0 unspecified atom stereocenters. The first-order valence-corrected chi connectivity index (χ1v) is 16.1. The topological polar surface area (TPSA) is 75.1 Å². The summed E-state index contributed by atoms with van der Waals surface area (Å²) in [6, 6.07) is 0.584. The Hall–Kier alpha value is -1.71. The molecular weight excluding hydrogens is 512 g/mol. The smallest absolute Gasteiger partial charge is 0.255 e. The second-order valence-corrected chi connectivity index (χ2v) is 15.3. The number of unbranched alkanes of at least 4 members (excludes halogenated alkanes) is 2. The van der Waals surface area contributed by atoms with Crippen LogP contribution in [0.25, 0.3) is 0 Å². The highest BCUT2D eigenvalue weighted by Gasteiger charge is 2.47. The summed E-state index contributed by atoms with van der Waals surface area (Å²) in [4.78, 5) is 24.9. The molecule has 9 heteroatoms. The van der Waals surface area contributed by atoms with Crippen molar-refractivity contribution >= 4 is 17.8 Å². The van der Waals surface area contributed by atoms with E-state index >= 15 is 0 Å². The third kappa shape index (κ3) is 7.45. The molecule has 0 aliphatic carbocycles. The van der Waals surface area contributed by atoms with Gasteiger partial charge in [0.05, 0.1) is 0 Å². The van der Waals surface area contributed by atoms with E-state index in [4.69, 9.17) is 15.0 Å². The van der Waals surface area contributed by atoms with E-state index in [2.05, 4.69) is 103 Å². The van der Waals surface area contributed by atoms with E-state index in [1.165, 1.54) is 0 Å². The lowest BCUT2D eigenvalue weighted by molar-refractivity contribution is -0.0130. The summed E-state index contributed by atoms with van der Waals surface area (Å²) in [5.74, 6) is 1.69. The van der Waals surface area contributed by atoms with Crippen LogP contribution in [-0.4, -0.2) is 98.4 Å². The van der Waals surface area contributed by atoms with Crippen molar-refractivity contribution in [2.24, 2.45) is 0 Å². The lowest BCUT2D eigenvalue weighted by atomic mass is 9.77. The third-order valence-electron chi connectivity index (χ3n) is 10.4. The molecule has 0 saturated carbocycles. The number of hydrogen-bond acceptors (Lipinski definition) is 9. The zero-order chi connectivity index (χ0) is 31.0. The van der Waals surface area contributed by atoms with Crippen LogP contribution < -0.4 is 14.9 Å². The van der Waals surface area contributed by atoms with Crippen LogP contribution in [0.2, 0.25) is 0 Å². The summed E-state index contributed by atoms with van der Waals surface area (Å²) in [6.07, 6.45) is 8.44. The Morgan fingerprint density at radius 3 is 1.20 bits per heavy atom. The molecule has 3 heterocycles. The fraction of sp³-hybridized carbons (Fsp3) is 0.906. The van der Waals surface area contributed by atoms with Crippen molar-refractivity contribution in [1.82, 2.24) is 24.8 Å². The minimum atomic E-state index is 0.0434. The van der Waals surface area contributed by atoms with Crippen molar-refractivity contribution < 1.29 is 5.21 Å². The van der Waals surface area contributed by atoms with Crippen LogP contribution in [0.1, 0.15) is 121 Å². The van der Waals surface area contributed by atoms with Gasteiger partial charge in [-0.2, -0.15) is 15.0 Å². The van der Waals surface area contributed by atoms with E-state index in [0.29, 0.717) is 29.9 Å². The average molecular weight is 575 g/mol. The number of anilines is 3. The number of nitrogens with zero attached hydrogens (tertiary/aromatic N) is 8. The molecule has 0 atom stereocenters. The zero-order valence-electron chi connectivity index (χ0n) is 28.8. The standard InChI is InChI=1S/C32H62N8O/c1-14-16-18-39(24-20-29(3,4)37(12)30(5,6)21-24)27-33-26(36(11)41)34-28(35-27)40(19-17-15-2)25-22-31(7,8)38(13)32(9,10)23-25/h24-25,41H,14-23H2,1-13H3. The second kappa shape index (κ2) is 12.5. The molecule has 0 spiro atoms. The normalized spacial score (nSPS) is 23.0. The Morgan fingerprint density at radius 2 is 0.927 bits per heavy atom. The van der Waals surface area contributed by atoms with Crippen molar-refractivity contribution in [2.45, 2.75) is 155 Å². The van der Waals surface area contributed by atoms with Gasteiger partial charge in [0.25, 0.3) is 5.95 Å². The Balaban J connectivity index is 2.12. The number of hydrogen-bond donors (Lipinski definition) is 1. The summed E-state index contributed by atoms with van der Waals surface area (Å²) in [6.45, 7) is 25.0. The maximum Gasteiger partial charge on any atom is 0.255 e. The summed E-state index contributed by atoms with van der Waals surface area (Å²) in [5.41, 5.74) is 0.174. The van der Waals surface area contributed by atoms with Gasteiger partial charge in [-0.25, -0.2) is 5.06 Å². The van der Waals surface area contributed by atoms with Crippen molar-refractivity contribution in [3.63, 3.8) is 0 Å². The molecule has 0 bridgehead atoms. The zero-order valence-corrected chi connectivity index (χ0v) is 28.8. The van der Waals surface area contributed by atoms with Gasteiger partial charge in [0.15, 0.2) is 0 Å². The third-order valence-corrected chi connectivity index (χ3v) is 10.4. The molecular formula is C32H62N8O. The molecule has 41 heavy (non-hydrogen) atoms. The molecule has 3 rings (SSSR count). The van der Waals surface area contributed by atoms with E-state index in [-0.39, 0.29) is 22.2 Å². The van der Waals surface area contributed by atoms with E-state index in [9.17, 15) is 5.21 Å². The summed E-state index contributed by atoms with van der Waals surface area (Å²) in [7, 11) is 6.12. The molecule has 0 radical (unpaired) electrons. The fourth-order valence-corrected chi connectivity index (χ4v) is 7.37. The highest BCUT2D eigenvalue weighted by molar-refractivity contribution is 5.47. The van der Waals surface area contributed by atoms with Crippen molar-refractivity contribution in [1.29, 1.82) is 0 Å². The maximum absolute atomic E-state index is 10.6. The molecule has 2 fully saturated rings. The number of aromatic nitrogens is 3. The lowest BCUT2D eigenvalue weighted by Crippen LogP contribution is -2.63. The monoisotopic (exact) mass is 575 g/mol. The van der Waals surface area contributed by atoms with Gasteiger partial charge in [-0.15, -0.1) is 0 Å². The van der Waals surface area contributed by atoms with E-state index in [0.717, 1.165) is 69.5 Å². The second-order valence-electron chi connectivity index (χ2n) is 15.3. The molecule has 1 N–H and O–H groups in total. The van der Waals surface area contributed by atoms with E-state index < -0.39 is 0 Å². The quantitative estimate of drug-likeness (QED) is 0.310. The van der Waals surface area contributed by atoms with Crippen LogP contribution in [0, 0.1) is 0 Å². The van der Waals surface area contributed by atoms with Crippen molar-refractivity contribution in [2.75, 3.05) is 49.1 Å². The van der Waals surface area contributed by atoms with Gasteiger partial charge in [0, 0.05) is 54.4 Å². The van der Waals surface area contributed by atoms with E-state index in [1.807, 2.05) is 0 Å². The molecule has 2 saturated heterocycles. The Kier molecular flexibility index (Phi) is 10.3. The van der Waals surface area contributed by atoms with Crippen LogP contribution in [0.3, 0.4) is 0 Å². The van der Waals surface area contributed by atoms with Gasteiger partial charge in [-0.1, -0.05) is 26.7 Å². The lowest BCUT2D eigenvalue weighted by Gasteiger charge is -2.56. The fourth-order valence-electron chi connectivity index (χ4n) is 7.37. The summed E-state index contributed by atoms with van der Waals surface area (Å²) < 4.78 is 0. The minimum absolute atomic E-state index is 0.0434. The average Bonchev–Trinajstić information content (AvgIpc) is 2.85. The first kappa shape index (κ1) is 33.8. The van der Waals surface area contributed by atoms with Crippen molar-refractivity contribution in [3.8, 4) is 0 Å². The molecule has 2 aliphatic heterocycles. The molecule has 0 amide bonds. The molecule has 9 nitrogen and oxygen atoms in total. The van der Waals surface area contributed by atoms with Gasteiger partial charge in [-0.05, 0) is 108 Å². The van der Waals surface area contributed by atoms with Crippen LogP contribution in [0.4, 0.5) is 17.8 Å². The SMILES string of the molecule is CCCCN(c1nc(N(C)O)nc(N(CCCC)C2CC(C)(C)N(C)C(C)(C)C2)n1)C1CC(C)(C)N(C)C(C)(C)C1. The van der Waals surface area contributed by atoms with Gasteiger partial charge < -0.3 is 9.80 Å². The molecule has 1 aromatic heterocycles. The Morgan fingerprint density at radius 1 is 0.634 bits per heavy atom. The summed E-state index contributed by atoms with van der Waals surface area (Å²) >= 11 is 0. The van der Waals surface area contributed by atoms with Gasteiger partial charge in [-0.3, -0.25) is 15.0 Å². The minimum Gasteiger partial charge on any atom is -0.338 e. The predicted octanol–water partition coefficient (Wildman–Crippen LogP) is 6.21. The molecule has 1 aromatic rings. The van der Waals surface area contributed by atoms with Gasteiger partial charge in [0.1, 0.15) is 0 Å². The summed E-state index contributed by atoms with van der Waals surface area (Å²) in [5, 5.41) is 11.7. The van der Waals surface area contributed by atoms with Crippen LogP contribution in [0.5, 0.6) is 0 Å². The van der Waals surface area contributed by atoms with Crippen molar-refractivity contribution in [3.05, 3.63) is 0 Å². The number of hydroxylamine groups is 1. The first-order valence-electron chi connectivity index (χ1n) is 16.1. The number of rotatable bonds is 11.